The minimum absolute atomic E-state index is 0. The van der Waals surface area contributed by atoms with Gasteiger partial charge in [-0.1, -0.05) is 6.07 Å². The van der Waals surface area contributed by atoms with Crippen LogP contribution >= 0.6 is 12.4 Å². The number of nitrogens with zero attached hydrogens (tertiary/aromatic N) is 1. The van der Waals surface area contributed by atoms with Gasteiger partial charge in [0.1, 0.15) is 12.2 Å². The molecule has 0 aromatic carbocycles. The van der Waals surface area contributed by atoms with Crippen LogP contribution in [0, 0.1) is 0 Å². The van der Waals surface area contributed by atoms with Gasteiger partial charge < -0.3 is 29.9 Å². The number of hydrogen-bond acceptors (Lipinski definition) is 7. The molecule has 2 unspecified atom stereocenters. The average molecular weight is 324 g/mol. The highest BCUT2D eigenvalue weighted by atomic mass is 35.5. The molecule has 7 nitrogen and oxygen atoms in total. The van der Waals surface area contributed by atoms with Gasteiger partial charge in [0.15, 0.2) is 0 Å². The fourth-order valence-corrected chi connectivity index (χ4v) is 1.39. The van der Waals surface area contributed by atoms with Gasteiger partial charge in [0.05, 0.1) is 51.0 Å². The lowest BCUT2D eigenvalue weighted by molar-refractivity contribution is -0.00310. The third-order valence-corrected chi connectivity index (χ3v) is 2.41. The summed E-state index contributed by atoms with van der Waals surface area (Å²) in [6, 6.07) is 5.35. The fourth-order valence-electron chi connectivity index (χ4n) is 1.39. The number of aliphatic hydroxyl groups is 4. The van der Waals surface area contributed by atoms with Crippen LogP contribution in [0.3, 0.4) is 0 Å². The summed E-state index contributed by atoms with van der Waals surface area (Å²) >= 11 is 0. The molecule has 0 amide bonds. The zero-order chi connectivity index (χ0) is 14.8. The third-order valence-electron chi connectivity index (χ3n) is 2.41. The van der Waals surface area contributed by atoms with E-state index in [0.29, 0.717) is 11.4 Å². The fraction of sp³-hybridized carbons (Fsp3) is 0.615. The molecule has 0 fully saturated rings. The van der Waals surface area contributed by atoms with E-state index in [4.69, 9.17) is 29.9 Å². The van der Waals surface area contributed by atoms with Crippen molar-refractivity contribution in [2.75, 3.05) is 26.4 Å². The Morgan fingerprint density at radius 3 is 1.71 bits per heavy atom. The second-order valence-corrected chi connectivity index (χ2v) is 4.32. The Morgan fingerprint density at radius 2 is 1.33 bits per heavy atom. The molecule has 1 rings (SSSR count). The van der Waals surface area contributed by atoms with Crippen molar-refractivity contribution in [1.82, 2.24) is 4.98 Å². The average Bonchev–Trinajstić information content (AvgIpc) is 2.47. The standard InChI is InChI=1S/C13H21NO6.ClH/c15-4-12(17)8-19-6-10-2-1-3-11(14-10)7-20-9-13(18)5-16;/h1-3,12-13,15-18H,4-9H2;1H. The number of hydrogen-bond donors (Lipinski definition) is 4. The normalized spacial score (nSPS) is 13.5. The number of aliphatic hydroxyl groups excluding tert-OH is 4. The molecule has 1 aromatic rings. The summed E-state index contributed by atoms with van der Waals surface area (Å²) in [6.07, 6.45) is -1.78. The summed E-state index contributed by atoms with van der Waals surface area (Å²) in [5.74, 6) is 0. The van der Waals surface area contributed by atoms with Crippen molar-refractivity contribution in [2.24, 2.45) is 0 Å². The number of aromatic nitrogens is 1. The van der Waals surface area contributed by atoms with E-state index in [2.05, 4.69) is 4.98 Å². The highest BCUT2D eigenvalue weighted by Crippen LogP contribution is 2.03. The Balaban J connectivity index is 0.00000400. The molecule has 0 radical (unpaired) electrons. The van der Waals surface area contributed by atoms with Gasteiger partial charge in [-0.25, -0.2) is 0 Å². The zero-order valence-electron chi connectivity index (χ0n) is 11.6. The Morgan fingerprint density at radius 1 is 0.905 bits per heavy atom. The molecule has 0 aliphatic carbocycles. The van der Waals surface area contributed by atoms with E-state index in [0.717, 1.165) is 0 Å². The molecule has 0 aliphatic heterocycles. The van der Waals surface area contributed by atoms with E-state index in [-0.39, 0.29) is 52.0 Å². The largest absolute Gasteiger partial charge is 0.394 e. The summed E-state index contributed by atoms with van der Waals surface area (Å²) in [5, 5.41) is 35.5. The van der Waals surface area contributed by atoms with Crippen LogP contribution in [0.15, 0.2) is 18.2 Å². The quantitative estimate of drug-likeness (QED) is 0.448. The van der Waals surface area contributed by atoms with Gasteiger partial charge in [-0.15, -0.1) is 12.4 Å². The van der Waals surface area contributed by atoms with E-state index in [1.165, 1.54) is 0 Å². The zero-order valence-corrected chi connectivity index (χ0v) is 12.4. The van der Waals surface area contributed by atoms with Crippen molar-refractivity contribution in [2.45, 2.75) is 25.4 Å². The Bertz CT molecular complexity index is 350. The lowest BCUT2D eigenvalue weighted by atomic mass is 10.3. The smallest absolute Gasteiger partial charge is 0.100 e. The highest BCUT2D eigenvalue weighted by molar-refractivity contribution is 5.85. The number of rotatable bonds is 10. The monoisotopic (exact) mass is 323 g/mol. The Labute approximate surface area is 129 Å². The molecule has 1 heterocycles. The lowest BCUT2D eigenvalue weighted by Gasteiger charge is -2.10. The van der Waals surface area contributed by atoms with Gasteiger partial charge >= 0.3 is 0 Å². The van der Waals surface area contributed by atoms with E-state index in [9.17, 15) is 0 Å². The van der Waals surface area contributed by atoms with Crippen LogP contribution in [0.1, 0.15) is 11.4 Å². The van der Waals surface area contributed by atoms with E-state index >= 15 is 0 Å². The van der Waals surface area contributed by atoms with Gasteiger partial charge in [0.25, 0.3) is 0 Å². The van der Waals surface area contributed by atoms with Crippen molar-refractivity contribution >= 4 is 12.4 Å². The summed E-state index contributed by atoms with van der Waals surface area (Å²) in [4.78, 5) is 4.28. The van der Waals surface area contributed by atoms with Gasteiger partial charge in [0.2, 0.25) is 0 Å². The van der Waals surface area contributed by atoms with Gasteiger partial charge in [-0.2, -0.15) is 0 Å². The van der Waals surface area contributed by atoms with Crippen LogP contribution in [0.5, 0.6) is 0 Å². The second-order valence-electron chi connectivity index (χ2n) is 4.32. The molecule has 0 aliphatic rings. The van der Waals surface area contributed by atoms with Crippen LogP contribution < -0.4 is 0 Å². The Hall–Kier alpha value is -0.800. The molecule has 122 valence electrons. The predicted molar refractivity (Wildman–Crippen MR) is 77.0 cm³/mol. The minimum atomic E-state index is -0.888. The van der Waals surface area contributed by atoms with Gasteiger partial charge in [-0.3, -0.25) is 4.98 Å². The van der Waals surface area contributed by atoms with Crippen LogP contribution in [0.2, 0.25) is 0 Å². The third kappa shape index (κ3) is 8.94. The first-order valence-electron chi connectivity index (χ1n) is 6.33. The summed E-state index contributed by atoms with van der Waals surface area (Å²) in [5.41, 5.74) is 1.36. The minimum Gasteiger partial charge on any atom is -0.394 e. The van der Waals surface area contributed by atoms with Crippen molar-refractivity contribution in [3.8, 4) is 0 Å². The van der Waals surface area contributed by atoms with Crippen molar-refractivity contribution < 1.29 is 29.9 Å². The molecule has 8 heteroatoms. The molecule has 0 spiro atoms. The summed E-state index contributed by atoms with van der Waals surface area (Å²) in [7, 11) is 0. The molecule has 21 heavy (non-hydrogen) atoms. The van der Waals surface area contributed by atoms with Crippen LogP contribution in [0.25, 0.3) is 0 Å². The SMILES string of the molecule is Cl.OCC(O)COCc1cccc(COCC(O)CO)n1. The van der Waals surface area contributed by atoms with E-state index in [1.54, 1.807) is 18.2 Å². The first-order valence-corrected chi connectivity index (χ1v) is 6.33. The van der Waals surface area contributed by atoms with Crippen molar-refractivity contribution in [3.05, 3.63) is 29.6 Å². The van der Waals surface area contributed by atoms with Gasteiger partial charge in [0, 0.05) is 0 Å². The topological polar surface area (TPSA) is 112 Å². The Kier molecular flexibility index (Phi) is 11.4. The van der Waals surface area contributed by atoms with Crippen LogP contribution in [0.4, 0.5) is 0 Å². The van der Waals surface area contributed by atoms with Crippen molar-refractivity contribution in [3.63, 3.8) is 0 Å². The maximum absolute atomic E-state index is 9.12. The first kappa shape index (κ1) is 20.2. The molecule has 0 saturated carbocycles. The molecular weight excluding hydrogens is 302 g/mol. The molecular formula is C13H22ClNO6. The second kappa shape index (κ2) is 11.8. The first-order chi connectivity index (χ1) is 9.65. The summed E-state index contributed by atoms with van der Waals surface area (Å²) < 4.78 is 10.4. The number of ether oxygens (including phenoxy) is 2. The van der Waals surface area contributed by atoms with Crippen LogP contribution in [-0.2, 0) is 22.7 Å². The maximum Gasteiger partial charge on any atom is 0.100 e. The van der Waals surface area contributed by atoms with Crippen molar-refractivity contribution in [1.29, 1.82) is 0 Å². The maximum atomic E-state index is 9.12. The van der Waals surface area contributed by atoms with E-state index in [1.807, 2.05) is 0 Å². The summed E-state index contributed by atoms with van der Waals surface area (Å²) in [6.45, 7) is -0.138. The molecule has 0 bridgehead atoms. The van der Waals surface area contributed by atoms with E-state index < -0.39 is 12.2 Å². The predicted octanol–water partition coefficient (Wildman–Crippen LogP) is -0.757. The molecule has 0 saturated heterocycles. The molecule has 4 N–H and O–H groups in total. The number of pyridine rings is 1. The number of halogens is 1. The van der Waals surface area contributed by atoms with Crippen LogP contribution in [-0.4, -0.2) is 64.0 Å². The van der Waals surface area contributed by atoms with Gasteiger partial charge in [-0.05, 0) is 12.1 Å². The molecule has 1 aromatic heterocycles. The highest BCUT2D eigenvalue weighted by Gasteiger charge is 2.05. The lowest BCUT2D eigenvalue weighted by Crippen LogP contribution is -2.20. The molecule has 2 atom stereocenters.